The Labute approximate surface area is 151 Å². The third-order valence-electron chi connectivity index (χ3n) is 3.93. The van der Waals surface area contributed by atoms with Crippen LogP contribution < -0.4 is 16.4 Å². The zero-order valence-electron chi connectivity index (χ0n) is 14.0. The van der Waals surface area contributed by atoms with Crippen molar-refractivity contribution in [3.63, 3.8) is 0 Å². The molecule has 0 atom stereocenters. The molecular formula is C18H21ClN6. The zero-order chi connectivity index (χ0) is 17.8. The van der Waals surface area contributed by atoms with Crippen molar-refractivity contribution in [2.75, 3.05) is 18.4 Å². The highest BCUT2D eigenvalue weighted by molar-refractivity contribution is 6.32. The zero-order valence-corrected chi connectivity index (χ0v) is 14.8. The van der Waals surface area contributed by atoms with Crippen molar-refractivity contribution in [3.05, 3.63) is 65.1 Å². The maximum Gasteiger partial charge on any atom is 0.153 e. The van der Waals surface area contributed by atoms with Gasteiger partial charge in [0.15, 0.2) is 5.82 Å². The lowest BCUT2D eigenvalue weighted by Crippen LogP contribution is -2.46. The van der Waals surface area contributed by atoms with Gasteiger partial charge >= 0.3 is 0 Å². The largest absolute Gasteiger partial charge is 0.385 e. The molecule has 2 aromatic rings. The van der Waals surface area contributed by atoms with Gasteiger partial charge in [0, 0.05) is 47.4 Å². The maximum atomic E-state index is 6.24. The molecule has 5 N–H and O–H groups in total. The monoisotopic (exact) mass is 356 g/mol. The highest BCUT2D eigenvalue weighted by atomic mass is 35.5. The van der Waals surface area contributed by atoms with Crippen LogP contribution in [0.1, 0.15) is 11.3 Å². The molecule has 1 fully saturated rings. The Kier molecular flexibility index (Phi) is 5.21. The van der Waals surface area contributed by atoms with Crippen LogP contribution in [0, 0.1) is 12.8 Å². The molecule has 1 aliphatic heterocycles. The van der Waals surface area contributed by atoms with Crippen LogP contribution in [0.25, 0.3) is 5.70 Å². The number of aryl methyl sites for hydroxylation is 1. The van der Waals surface area contributed by atoms with Gasteiger partial charge in [-0.15, -0.1) is 0 Å². The Hall–Kier alpha value is -2.57. The summed E-state index contributed by atoms with van der Waals surface area (Å²) >= 11 is 6.24. The standard InChI is InChI=1S/C18H21ClN6/c1-11-7-18(25-24-11)23-17(20)8-16(13-9-21-10-13)22-12(2)14-5-3-4-6-15(14)19/h3-8,13,21H,2,9-10,20H2,1H3,(H2,23,24,25)/b17-8+,22-16+. The number of nitrogens with two attached hydrogens (primary N) is 1. The molecule has 25 heavy (non-hydrogen) atoms. The van der Waals surface area contributed by atoms with Crippen LogP contribution in [0.4, 0.5) is 5.82 Å². The lowest BCUT2D eigenvalue weighted by atomic mass is 9.96. The van der Waals surface area contributed by atoms with Crippen LogP contribution in [-0.4, -0.2) is 29.0 Å². The first-order chi connectivity index (χ1) is 12.0. The average molecular weight is 357 g/mol. The Bertz CT molecular complexity index is 832. The van der Waals surface area contributed by atoms with Crippen LogP contribution in [0.3, 0.4) is 0 Å². The summed E-state index contributed by atoms with van der Waals surface area (Å²) in [7, 11) is 0. The number of nitrogens with zero attached hydrogens (tertiary/aromatic N) is 2. The molecule has 0 aliphatic carbocycles. The average Bonchev–Trinajstić information content (AvgIpc) is 2.90. The Morgan fingerprint density at radius 1 is 1.44 bits per heavy atom. The second kappa shape index (κ2) is 7.55. The smallest absolute Gasteiger partial charge is 0.153 e. The second-order valence-corrected chi connectivity index (χ2v) is 6.39. The van der Waals surface area contributed by atoms with E-state index in [4.69, 9.17) is 17.3 Å². The van der Waals surface area contributed by atoms with Gasteiger partial charge in [0.05, 0.1) is 11.4 Å². The number of anilines is 1. The number of aliphatic imine (C=N–C) groups is 1. The number of rotatable bonds is 6. The van der Waals surface area contributed by atoms with Crippen LogP contribution in [0.2, 0.25) is 5.02 Å². The quantitative estimate of drug-likeness (QED) is 0.599. The third-order valence-corrected chi connectivity index (χ3v) is 4.26. The molecule has 1 saturated heterocycles. The van der Waals surface area contributed by atoms with E-state index in [-0.39, 0.29) is 0 Å². The Morgan fingerprint density at radius 2 is 2.20 bits per heavy atom. The summed E-state index contributed by atoms with van der Waals surface area (Å²) in [6.07, 6.45) is 1.83. The molecule has 0 radical (unpaired) electrons. The van der Waals surface area contributed by atoms with Gasteiger partial charge in [0.2, 0.25) is 0 Å². The van der Waals surface area contributed by atoms with E-state index in [2.05, 4.69) is 32.4 Å². The summed E-state index contributed by atoms with van der Waals surface area (Å²) in [5.74, 6) is 1.44. The Morgan fingerprint density at radius 3 is 2.80 bits per heavy atom. The van der Waals surface area contributed by atoms with E-state index in [1.807, 2.05) is 43.3 Å². The van der Waals surface area contributed by atoms with Crippen LogP contribution in [0.5, 0.6) is 0 Å². The summed E-state index contributed by atoms with van der Waals surface area (Å²) in [4.78, 5) is 4.69. The fraction of sp³-hybridized carbons (Fsp3) is 0.222. The first-order valence-electron chi connectivity index (χ1n) is 8.02. The van der Waals surface area contributed by atoms with Gasteiger partial charge in [0.1, 0.15) is 5.82 Å². The molecule has 1 aliphatic rings. The summed E-state index contributed by atoms with van der Waals surface area (Å²) < 4.78 is 0. The number of aromatic amines is 1. The van der Waals surface area contributed by atoms with E-state index in [9.17, 15) is 0 Å². The number of H-pyrrole nitrogens is 1. The van der Waals surface area contributed by atoms with E-state index >= 15 is 0 Å². The summed E-state index contributed by atoms with van der Waals surface area (Å²) in [6, 6.07) is 9.41. The number of benzene rings is 1. The van der Waals surface area contributed by atoms with Crippen molar-refractivity contribution in [2.45, 2.75) is 6.92 Å². The van der Waals surface area contributed by atoms with Crippen molar-refractivity contribution in [1.82, 2.24) is 15.5 Å². The van der Waals surface area contributed by atoms with E-state index < -0.39 is 0 Å². The number of nitrogens with one attached hydrogen (secondary N) is 3. The van der Waals surface area contributed by atoms with Gasteiger partial charge in [0.25, 0.3) is 0 Å². The first kappa shape index (κ1) is 17.3. The van der Waals surface area contributed by atoms with Crippen molar-refractivity contribution >= 4 is 28.8 Å². The SMILES string of the molecule is C=C(/N=C(\C=C(/N)Nc1cc(C)[nH]n1)C1CNC1)c1ccccc1Cl. The summed E-state index contributed by atoms with van der Waals surface area (Å²) in [5.41, 5.74) is 9.37. The molecule has 0 amide bonds. The van der Waals surface area contributed by atoms with E-state index in [1.165, 1.54) is 0 Å². The highest BCUT2D eigenvalue weighted by Crippen LogP contribution is 2.24. The second-order valence-electron chi connectivity index (χ2n) is 5.98. The predicted octanol–water partition coefficient (Wildman–Crippen LogP) is 2.91. The van der Waals surface area contributed by atoms with Gasteiger partial charge in [-0.3, -0.25) is 10.1 Å². The number of aromatic nitrogens is 2. The minimum Gasteiger partial charge on any atom is -0.385 e. The number of halogens is 1. The van der Waals surface area contributed by atoms with Gasteiger partial charge < -0.3 is 16.4 Å². The van der Waals surface area contributed by atoms with Gasteiger partial charge in [-0.25, -0.2) is 0 Å². The third kappa shape index (κ3) is 4.29. The molecule has 1 aromatic carbocycles. The van der Waals surface area contributed by atoms with Crippen molar-refractivity contribution in [2.24, 2.45) is 16.6 Å². The summed E-state index contributed by atoms with van der Waals surface area (Å²) in [5, 5.41) is 13.9. The molecule has 130 valence electrons. The van der Waals surface area contributed by atoms with Crippen LogP contribution in [-0.2, 0) is 0 Å². The van der Waals surface area contributed by atoms with Gasteiger partial charge in [-0.05, 0) is 13.0 Å². The lowest BCUT2D eigenvalue weighted by molar-refractivity contribution is 0.444. The Balaban J connectivity index is 1.83. The lowest BCUT2D eigenvalue weighted by Gasteiger charge is -2.27. The molecule has 3 rings (SSSR count). The molecule has 6 nitrogen and oxygen atoms in total. The molecule has 7 heteroatoms. The van der Waals surface area contributed by atoms with E-state index in [0.717, 1.165) is 30.1 Å². The molecule has 0 spiro atoms. The number of hydrogen-bond donors (Lipinski definition) is 4. The number of hydrogen-bond acceptors (Lipinski definition) is 5. The fourth-order valence-corrected chi connectivity index (χ4v) is 2.72. The van der Waals surface area contributed by atoms with Crippen molar-refractivity contribution in [1.29, 1.82) is 0 Å². The van der Waals surface area contributed by atoms with E-state index in [0.29, 0.717) is 28.3 Å². The molecule has 0 unspecified atom stereocenters. The van der Waals surface area contributed by atoms with Crippen molar-refractivity contribution in [3.8, 4) is 0 Å². The fourth-order valence-electron chi connectivity index (χ4n) is 2.48. The maximum absolute atomic E-state index is 6.24. The summed E-state index contributed by atoms with van der Waals surface area (Å²) in [6.45, 7) is 7.71. The molecule has 2 heterocycles. The topological polar surface area (TPSA) is 91.1 Å². The molecule has 1 aromatic heterocycles. The van der Waals surface area contributed by atoms with Gasteiger partial charge in [-0.1, -0.05) is 36.4 Å². The highest BCUT2D eigenvalue weighted by Gasteiger charge is 2.22. The molecule has 0 bridgehead atoms. The van der Waals surface area contributed by atoms with Gasteiger partial charge in [-0.2, -0.15) is 5.10 Å². The minimum atomic E-state index is 0.292. The van der Waals surface area contributed by atoms with Crippen molar-refractivity contribution < 1.29 is 0 Å². The van der Waals surface area contributed by atoms with Crippen LogP contribution in [0.15, 0.2) is 53.8 Å². The molecular weight excluding hydrogens is 336 g/mol. The van der Waals surface area contributed by atoms with E-state index in [1.54, 1.807) is 0 Å². The normalized spacial score (nSPS) is 15.8. The van der Waals surface area contributed by atoms with Crippen LogP contribution >= 0.6 is 11.6 Å². The number of allylic oxidation sites excluding steroid dienone is 1. The molecule has 0 saturated carbocycles. The first-order valence-corrected chi connectivity index (χ1v) is 8.40. The minimum absolute atomic E-state index is 0.292. The predicted molar refractivity (Wildman–Crippen MR) is 103 cm³/mol.